The molecule has 0 spiro atoms. The molecular weight excluding hydrogens is 303 g/mol. The summed E-state index contributed by atoms with van der Waals surface area (Å²) >= 11 is 0. The van der Waals surface area contributed by atoms with E-state index in [2.05, 4.69) is 10.3 Å². The molecule has 3 nitrogen and oxygen atoms in total. The summed E-state index contributed by atoms with van der Waals surface area (Å²) in [5, 5.41) is 3.03. The topological polar surface area (TPSA) is 42.0 Å². The fourth-order valence-electron chi connectivity index (χ4n) is 2.56. The maximum absolute atomic E-state index is 13.2. The smallest absolute Gasteiger partial charge is 0.225 e. The Balaban J connectivity index is 1.82. The van der Waals surface area contributed by atoms with E-state index in [0.29, 0.717) is 6.42 Å². The Morgan fingerprint density at radius 1 is 0.917 bits per heavy atom. The number of rotatable bonds is 5. The highest BCUT2D eigenvalue weighted by molar-refractivity contribution is 5.79. The van der Waals surface area contributed by atoms with Gasteiger partial charge in [0.15, 0.2) is 0 Å². The number of hydrogen-bond donors (Lipinski definition) is 1. The lowest BCUT2D eigenvalue weighted by Crippen LogP contribution is -2.30. The predicted octanol–water partition coefficient (Wildman–Crippen LogP) is 3.67. The second-order valence-electron chi connectivity index (χ2n) is 5.50. The van der Waals surface area contributed by atoms with E-state index in [1.807, 2.05) is 42.5 Å². The molecule has 1 unspecified atom stereocenters. The third-order valence-electron chi connectivity index (χ3n) is 3.76. The average Bonchev–Trinajstić information content (AvgIpc) is 2.62. The summed E-state index contributed by atoms with van der Waals surface area (Å²) in [6.45, 7) is 0. The molecule has 2 aromatic carbocycles. The van der Waals surface area contributed by atoms with Crippen molar-refractivity contribution >= 4 is 5.91 Å². The van der Waals surface area contributed by atoms with Gasteiger partial charge in [-0.3, -0.25) is 9.78 Å². The van der Waals surface area contributed by atoms with Crippen molar-refractivity contribution in [3.8, 4) is 0 Å². The van der Waals surface area contributed by atoms with Gasteiger partial charge in [-0.05, 0) is 41.0 Å². The van der Waals surface area contributed by atoms with Gasteiger partial charge in [0.05, 0.1) is 12.5 Å². The van der Waals surface area contributed by atoms with Crippen molar-refractivity contribution in [3.05, 3.63) is 102 Å². The quantitative estimate of drug-likeness (QED) is 0.779. The summed E-state index contributed by atoms with van der Waals surface area (Å²) < 4.78 is 13.2. The van der Waals surface area contributed by atoms with Gasteiger partial charge in [-0.25, -0.2) is 4.39 Å². The van der Waals surface area contributed by atoms with Crippen molar-refractivity contribution < 1.29 is 9.18 Å². The van der Waals surface area contributed by atoms with Crippen LogP contribution in [-0.2, 0) is 11.2 Å². The van der Waals surface area contributed by atoms with E-state index in [1.165, 1.54) is 12.1 Å². The van der Waals surface area contributed by atoms with E-state index in [0.717, 1.165) is 16.7 Å². The average molecular weight is 320 g/mol. The summed E-state index contributed by atoms with van der Waals surface area (Å²) in [5.41, 5.74) is 2.67. The first-order chi connectivity index (χ1) is 11.7. The maximum Gasteiger partial charge on any atom is 0.225 e. The molecule has 0 radical (unpaired) electrons. The number of nitrogens with zero attached hydrogens (tertiary/aromatic N) is 1. The van der Waals surface area contributed by atoms with Crippen LogP contribution in [0.5, 0.6) is 0 Å². The van der Waals surface area contributed by atoms with Gasteiger partial charge < -0.3 is 5.32 Å². The first-order valence-electron chi connectivity index (χ1n) is 7.71. The summed E-state index contributed by atoms with van der Waals surface area (Å²) in [5.74, 6) is -0.393. The zero-order valence-electron chi connectivity index (χ0n) is 13.0. The number of carbonyl (C=O) groups excluding carboxylic acids is 1. The van der Waals surface area contributed by atoms with Crippen molar-refractivity contribution in [1.82, 2.24) is 10.3 Å². The predicted molar refractivity (Wildman–Crippen MR) is 90.8 cm³/mol. The molecular formula is C20H17FN2O. The zero-order valence-corrected chi connectivity index (χ0v) is 13.0. The molecule has 1 atom stereocenters. The minimum atomic E-state index is -0.343. The van der Waals surface area contributed by atoms with E-state index in [4.69, 9.17) is 0 Å². The number of amides is 1. The van der Waals surface area contributed by atoms with Crippen molar-refractivity contribution in [2.45, 2.75) is 12.5 Å². The number of carbonyl (C=O) groups is 1. The van der Waals surface area contributed by atoms with E-state index < -0.39 is 0 Å². The second kappa shape index (κ2) is 7.51. The van der Waals surface area contributed by atoms with Gasteiger partial charge in [0.1, 0.15) is 5.82 Å². The van der Waals surface area contributed by atoms with Crippen LogP contribution in [-0.4, -0.2) is 10.9 Å². The van der Waals surface area contributed by atoms with Gasteiger partial charge in [-0.1, -0.05) is 42.5 Å². The zero-order chi connectivity index (χ0) is 16.8. The molecule has 4 heteroatoms. The maximum atomic E-state index is 13.2. The molecule has 1 amide bonds. The highest BCUT2D eigenvalue weighted by atomic mass is 19.1. The van der Waals surface area contributed by atoms with Crippen molar-refractivity contribution in [1.29, 1.82) is 0 Å². The van der Waals surface area contributed by atoms with Gasteiger partial charge in [0, 0.05) is 12.4 Å². The Labute approximate surface area is 140 Å². The summed E-state index contributed by atoms with van der Waals surface area (Å²) in [4.78, 5) is 16.4. The third-order valence-corrected chi connectivity index (χ3v) is 3.76. The van der Waals surface area contributed by atoms with Crippen molar-refractivity contribution in [3.63, 3.8) is 0 Å². The first kappa shape index (κ1) is 15.9. The number of pyridine rings is 1. The normalized spacial score (nSPS) is 11.7. The van der Waals surface area contributed by atoms with Gasteiger partial charge in [-0.15, -0.1) is 0 Å². The molecule has 1 aromatic heterocycles. The SMILES string of the molecule is O=C(Cc1ccccc1)NC(c1ccncc1)c1ccc(F)cc1. The molecule has 24 heavy (non-hydrogen) atoms. The van der Waals surface area contributed by atoms with Crippen LogP contribution in [0.2, 0.25) is 0 Å². The summed E-state index contributed by atoms with van der Waals surface area (Å²) in [6, 6.07) is 19.1. The molecule has 0 aliphatic rings. The fraction of sp³-hybridized carbons (Fsp3) is 0.100. The number of aromatic nitrogens is 1. The second-order valence-corrected chi connectivity index (χ2v) is 5.50. The Kier molecular flexibility index (Phi) is 4.96. The molecule has 0 saturated carbocycles. The summed E-state index contributed by atoms with van der Waals surface area (Å²) in [7, 11) is 0. The molecule has 0 aliphatic heterocycles. The van der Waals surface area contributed by atoms with E-state index in [1.54, 1.807) is 24.5 Å². The van der Waals surface area contributed by atoms with Crippen LogP contribution >= 0.6 is 0 Å². The Morgan fingerprint density at radius 3 is 2.21 bits per heavy atom. The van der Waals surface area contributed by atoms with Crippen molar-refractivity contribution in [2.24, 2.45) is 0 Å². The molecule has 3 aromatic rings. The highest BCUT2D eigenvalue weighted by Crippen LogP contribution is 2.22. The molecule has 1 heterocycles. The Bertz CT molecular complexity index is 789. The summed E-state index contributed by atoms with van der Waals surface area (Å²) in [6.07, 6.45) is 3.65. The minimum absolute atomic E-state index is 0.0904. The lowest BCUT2D eigenvalue weighted by Gasteiger charge is -2.20. The van der Waals surface area contributed by atoms with Crippen LogP contribution in [0.25, 0.3) is 0 Å². The largest absolute Gasteiger partial charge is 0.345 e. The highest BCUT2D eigenvalue weighted by Gasteiger charge is 2.17. The molecule has 0 aliphatic carbocycles. The Morgan fingerprint density at radius 2 is 1.54 bits per heavy atom. The number of hydrogen-bond acceptors (Lipinski definition) is 2. The van der Waals surface area contributed by atoms with Crippen LogP contribution in [0.3, 0.4) is 0 Å². The first-order valence-corrected chi connectivity index (χ1v) is 7.71. The van der Waals surface area contributed by atoms with E-state index in [-0.39, 0.29) is 17.8 Å². The molecule has 0 saturated heterocycles. The standard InChI is InChI=1S/C20H17FN2O/c21-18-8-6-16(7-9-18)20(17-10-12-22-13-11-17)23-19(24)14-15-4-2-1-3-5-15/h1-13,20H,14H2,(H,23,24). The van der Waals surface area contributed by atoms with Gasteiger partial charge in [0.2, 0.25) is 5.91 Å². The van der Waals surface area contributed by atoms with Gasteiger partial charge in [0.25, 0.3) is 0 Å². The number of halogens is 1. The molecule has 3 rings (SSSR count). The monoisotopic (exact) mass is 320 g/mol. The minimum Gasteiger partial charge on any atom is -0.345 e. The van der Waals surface area contributed by atoms with Crippen LogP contribution in [0.4, 0.5) is 4.39 Å². The fourth-order valence-corrected chi connectivity index (χ4v) is 2.56. The van der Waals surface area contributed by atoms with Crippen LogP contribution in [0.1, 0.15) is 22.7 Å². The van der Waals surface area contributed by atoms with Crippen LogP contribution in [0.15, 0.2) is 79.1 Å². The van der Waals surface area contributed by atoms with Gasteiger partial charge in [-0.2, -0.15) is 0 Å². The van der Waals surface area contributed by atoms with E-state index in [9.17, 15) is 9.18 Å². The molecule has 0 fully saturated rings. The lowest BCUT2D eigenvalue weighted by atomic mass is 9.99. The van der Waals surface area contributed by atoms with Crippen LogP contribution in [0, 0.1) is 5.82 Å². The van der Waals surface area contributed by atoms with Crippen LogP contribution < -0.4 is 5.32 Å². The lowest BCUT2D eigenvalue weighted by molar-refractivity contribution is -0.120. The molecule has 120 valence electrons. The van der Waals surface area contributed by atoms with E-state index >= 15 is 0 Å². The van der Waals surface area contributed by atoms with Gasteiger partial charge >= 0.3 is 0 Å². The molecule has 0 bridgehead atoms. The third kappa shape index (κ3) is 4.04. The Hall–Kier alpha value is -3.01. The molecule has 1 N–H and O–H groups in total. The van der Waals surface area contributed by atoms with Crippen molar-refractivity contribution in [2.75, 3.05) is 0 Å². The number of nitrogens with one attached hydrogen (secondary N) is 1. The number of benzene rings is 2.